The molecule has 1 amide bonds. The number of fused-ring (bicyclic) bond motifs is 1. The van der Waals surface area contributed by atoms with Crippen molar-refractivity contribution < 1.29 is 4.79 Å². The first-order valence-electron chi connectivity index (χ1n) is 7.45. The number of rotatable bonds is 6. The van der Waals surface area contributed by atoms with Gasteiger partial charge in [-0.25, -0.2) is 4.98 Å². The Kier molecular flexibility index (Phi) is 4.48. The minimum absolute atomic E-state index is 0.411. The van der Waals surface area contributed by atoms with Gasteiger partial charge < -0.3 is 10.3 Å². The predicted octanol–water partition coefficient (Wildman–Crippen LogP) is 3.12. The number of imidazole rings is 1. The van der Waals surface area contributed by atoms with Gasteiger partial charge in [0.15, 0.2) is 0 Å². The van der Waals surface area contributed by atoms with Crippen LogP contribution in [-0.4, -0.2) is 20.8 Å². The summed E-state index contributed by atoms with van der Waals surface area (Å²) in [7, 11) is 0. The molecule has 116 valence electrons. The number of para-hydroxylation sites is 2. The third-order valence-electron chi connectivity index (χ3n) is 3.80. The van der Waals surface area contributed by atoms with Crippen LogP contribution in [0, 0.1) is 0 Å². The van der Waals surface area contributed by atoms with Crippen LogP contribution in [0.5, 0.6) is 0 Å². The molecule has 23 heavy (non-hydrogen) atoms. The van der Waals surface area contributed by atoms with Gasteiger partial charge in [-0.2, -0.15) is 0 Å². The second-order valence-electron chi connectivity index (χ2n) is 5.37. The van der Waals surface area contributed by atoms with Crippen molar-refractivity contribution in [1.82, 2.24) is 9.55 Å². The van der Waals surface area contributed by atoms with Gasteiger partial charge in [-0.3, -0.25) is 4.79 Å². The van der Waals surface area contributed by atoms with E-state index in [4.69, 9.17) is 22.9 Å². The summed E-state index contributed by atoms with van der Waals surface area (Å²) in [5, 5.41) is 1.74. The fourth-order valence-electron chi connectivity index (χ4n) is 2.64. The Balaban J connectivity index is 1.96. The summed E-state index contributed by atoms with van der Waals surface area (Å²) >= 11 is 4.94. The molecule has 3 rings (SSSR count). The molecular weight excluding hydrogens is 306 g/mol. The van der Waals surface area contributed by atoms with E-state index in [0.717, 1.165) is 35.3 Å². The van der Waals surface area contributed by atoms with Crippen molar-refractivity contribution in [2.45, 2.75) is 19.4 Å². The molecule has 0 radical (unpaired) electrons. The first kappa shape index (κ1) is 15.4. The molecule has 0 fully saturated rings. The Morgan fingerprint density at radius 1 is 1.17 bits per heavy atom. The zero-order chi connectivity index (χ0) is 16.2. The first-order chi connectivity index (χ1) is 11.2. The van der Waals surface area contributed by atoms with E-state index in [2.05, 4.69) is 10.6 Å². The lowest BCUT2D eigenvalue weighted by molar-refractivity contribution is 0.100. The van der Waals surface area contributed by atoms with E-state index in [1.54, 1.807) is 17.5 Å². The number of carbonyl (C=O) groups is 1. The minimum Gasteiger partial charge on any atom is -0.366 e. The molecule has 1 heterocycles. The summed E-state index contributed by atoms with van der Waals surface area (Å²) in [5.74, 6) is 0.609. The molecule has 4 nitrogen and oxygen atoms in total. The molecule has 0 aliphatic rings. The van der Waals surface area contributed by atoms with E-state index in [0.29, 0.717) is 12.1 Å². The monoisotopic (exact) mass is 323 g/mol. The fourth-order valence-corrected chi connectivity index (χ4v) is 2.76. The van der Waals surface area contributed by atoms with Crippen LogP contribution in [0.1, 0.15) is 28.2 Å². The molecule has 3 aromatic rings. The van der Waals surface area contributed by atoms with Gasteiger partial charge in [0.05, 0.1) is 11.0 Å². The highest BCUT2D eigenvalue weighted by molar-refractivity contribution is 7.78. The Morgan fingerprint density at radius 3 is 2.61 bits per heavy atom. The molecule has 0 spiro atoms. The lowest BCUT2D eigenvalue weighted by atomic mass is 10.1. The molecule has 0 unspecified atom stereocenters. The van der Waals surface area contributed by atoms with Crippen molar-refractivity contribution in [2.75, 3.05) is 0 Å². The van der Waals surface area contributed by atoms with Crippen molar-refractivity contribution in [3.63, 3.8) is 0 Å². The number of amides is 1. The normalized spacial score (nSPS) is 10.8. The number of aryl methyl sites for hydroxylation is 1. The van der Waals surface area contributed by atoms with Crippen molar-refractivity contribution in [2.24, 2.45) is 5.73 Å². The number of nitrogens with zero attached hydrogens (tertiary/aromatic N) is 2. The zero-order valence-corrected chi connectivity index (χ0v) is 13.4. The number of benzene rings is 2. The van der Waals surface area contributed by atoms with E-state index in [1.165, 1.54) is 0 Å². The Labute approximate surface area is 139 Å². The third-order valence-corrected chi connectivity index (χ3v) is 4.03. The summed E-state index contributed by atoms with van der Waals surface area (Å²) in [6, 6.07) is 15.5. The smallest absolute Gasteiger partial charge is 0.248 e. The summed E-state index contributed by atoms with van der Waals surface area (Å²) in [6.45, 7) is 0.701. The van der Waals surface area contributed by atoms with Crippen LogP contribution in [0.15, 0.2) is 48.5 Å². The van der Waals surface area contributed by atoms with Crippen LogP contribution in [0.3, 0.4) is 0 Å². The average molecular weight is 323 g/mol. The Bertz CT molecular complexity index is 852. The van der Waals surface area contributed by atoms with Crippen LogP contribution in [-0.2, 0) is 13.0 Å². The van der Waals surface area contributed by atoms with Crippen molar-refractivity contribution in [3.05, 3.63) is 65.5 Å². The van der Waals surface area contributed by atoms with Crippen molar-refractivity contribution in [3.8, 4) is 0 Å². The maximum absolute atomic E-state index is 11.2. The highest BCUT2D eigenvalue weighted by atomic mass is 32.1. The molecule has 0 saturated heterocycles. The maximum Gasteiger partial charge on any atom is 0.248 e. The highest BCUT2D eigenvalue weighted by Gasteiger charge is 2.10. The summed E-state index contributed by atoms with van der Waals surface area (Å²) < 4.78 is 2.20. The number of primary amides is 1. The molecule has 0 aliphatic heterocycles. The van der Waals surface area contributed by atoms with Crippen LogP contribution < -0.4 is 5.73 Å². The number of hydrogen-bond acceptors (Lipinski definition) is 3. The number of hydrogen-bond donors (Lipinski definition) is 1. The van der Waals surface area contributed by atoms with E-state index < -0.39 is 5.91 Å². The molecule has 2 aromatic carbocycles. The minimum atomic E-state index is -0.411. The van der Waals surface area contributed by atoms with E-state index in [1.807, 2.05) is 30.3 Å². The quantitative estimate of drug-likeness (QED) is 0.709. The van der Waals surface area contributed by atoms with E-state index >= 15 is 0 Å². The van der Waals surface area contributed by atoms with Crippen LogP contribution >= 0.6 is 12.2 Å². The lowest BCUT2D eigenvalue weighted by Crippen LogP contribution is -2.11. The topological polar surface area (TPSA) is 60.9 Å². The fraction of sp³-hybridized carbons (Fsp3) is 0.167. The van der Waals surface area contributed by atoms with Crippen molar-refractivity contribution in [1.29, 1.82) is 0 Å². The van der Waals surface area contributed by atoms with Gasteiger partial charge in [-0.15, -0.1) is 0 Å². The number of carbonyl (C=O) groups excluding carboxylic acids is 1. The van der Waals surface area contributed by atoms with Gasteiger partial charge >= 0.3 is 0 Å². The largest absolute Gasteiger partial charge is 0.366 e. The number of nitrogens with two attached hydrogens (primary N) is 1. The zero-order valence-electron chi connectivity index (χ0n) is 12.6. The maximum atomic E-state index is 11.2. The molecule has 5 heteroatoms. The highest BCUT2D eigenvalue weighted by Crippen LogP contribution is 2.19. The summed E-state index contributed by atoms with van der Waals surface area (Å²) in [6.07, 6.45) is 1.64. The Hall–Kier alpha value is -2.53. The molecule has 0 atom stereocenters. The van der Waals surface area contributed by atoms with Gasteiger partial charge in [0.1, 0.15) is 5.82 Å². The number of aromatic nitrogens is 2. The molecule has 2 N–H and O–H groups in total. The van der Waals surface area contributed by atoms with Gasteiger partial charge in [0.2, 0.25) is 5.91 Å². The van der Waals surface area contributed by atoms with Gasteiger partial charge in [-0.1, -0.05) is 36.5 Å². The molecular formula is C18H17N3OS. The predicted molar refractivity (Wildman–Crippen MR) is 95.8 cm³/mol. The first-order valence-corrected chi connectivity index (χ1v) is 7.92. The van der Waals surface area contributed by atoms with E-state index in [-0.39, 0.29) is 0 Å². The second-order valence-corrected chi connectivity index (χ2v) is 5.70. The number of thiocarbonyl (C=S) groups is 1. The average Bonchev–Trinajstić information content (AvgIpc) is 2.91. The molecule has 0 bridgehead atoms. The van der Waals surface area contributed by atoms with Crippen molar-refractivity contribution >= 4 is 34.5 Å². The van der Waals surface area contributed by atoms with Gasteiger partial charge in [0, 0.05) is 18.5 Å². The standard InChI is InChI=1S/C18H17N3OS/c19-18(22)14-9-7-13(8-10-14)12-21-16-5-2-1-4-15(16)20-17(21)6-3-11-23/h1-2,4-5,7-11H,3,6,12H2,(H2,19,22). The van der Waals surface area contributed by atoms with Gasteiger partial charge in [0.25, 0.3) is 0 Å². The molecule has 1 aromatic heterocycles. The lowest BCUT2D eigenvalue weighted by Gasteiger charge is -2.09. The third kappa shape index (κ3) is 3.29. The molecule has 0 aliphatic carbocycles. The Morgan fingerprint density at radius 2 is 1.91 bits per heavy atom. The van der Waals surface area contributed by atoms with Crippen LogP contribution in [0.25, 0.3) is 11.0 Å². The molecule has 0 saturated carbocycles. The van der Waals surface area contributed by atoms with Gasteiger partial charge in [-0.05, 0) is 41.6 Å². The van der Waals surface area contributed by atoms with Crippen LogP contribution in [0.4, 0.5) is 0 Å². The van der Waals surface area contributed by atoms with Crippen LogP contribution in [0.2, 0.25) is 0 Å². The van der Waals surface area contributed by atoms with E-state index in [9.17, 15) is 4.79 Å². The summed E-state index contributed by atoms with van der Waals surface area (Å²) in [5.41, 5.74) is 8.99. The SMILES string of the molecule is NC(=O)c1ccc(Cn2c(CCC=S)nc3ccccc32)cc1. The summed E-state index contributed by atoms with van der Waals surface area (Å²) in [4.78, 5) is 15.9. The second kappa shape index (κ2) is 6.71.